The number of hydrogen-bond donors (Lipinski definition) is 2. The number of hydrogen-bond acceptors (Lipinski definition) is 6. The number of rotatable bonds is 11. The molecule has 4 rings (SSSR count). The number of carbonyl (C=O) groups is 4. The van der Waals surface area contributed by atoms with Gasteiger partial charge in [-0.3, -0.25) is 29.5 Å². The SMILES string of the molecule is CC(=[NH2+])CCCSC1CC(=O)N(CCC(=O)Nc2ccc3c(c2)-c2ccccc2C3COC(C)=O)C1=O.[Cl-]. The minimum Gasteiger partial charge on any atom is -1.00 e. The second-order valence-electron chi connectivity index (χ2n) is 9.44. The molecule has 2 aliphatic rings. The number of fused-ring (bicyclic) bond motifs is 3. The molecule has 0 spiro atoms. The lowest BCUT2D eigenvalue weighted by atomic mass is 9.98. The number of nitrogens with zero attached hydrogens (tertiary/aromatic N) is 1. The molecule has 1 heterocycles. The minimum atomic E-state index is -0.384. The highest BCUT2D eigenvalue weighted by Gasteiger charge is 2.38. The Morgan fingerprint density at radius 2 is 1.82 bits per heavy atom. The van der Waals surface area contributed by atoms with Crippen molar-refractivity contribution >= 4 is 46.9 Å². The van der Waals surface area contributed by atoms with Crippen LogP contribution in [0.3, 0.4) is 0 Å². The zero-order valence-corrected chi connectivity index (χ0v) is 23.1. The van der Waals surface area contributed by atoms with Gasteiger partial charge in [0.05, 0.1) is 5.25 Å². The molecule has 2 unspecified atom stereocenters. The van der Waals surface area contributed by atoms with Gasteiger partial charge in [0.1, 0.15) is 12.3 Å². The Morgan fingerprint density at radius 1 is 1.08 bits per heavy atom. The number of likely N-dealkylation sites (tertiary alicyclic amines) is 1. The summed E-state index contributed by atoms with van der Waals surface area (Å²) < 4.78 is 5.30. The number of nitrogens with one attached hydrogen (secondary N) is 1. The zero-order chi connectivity index (χ0) is 26.5. The third-order valence-electron chi connectivity index (χ3n) is 6.59. The predicted molar refractivity (Wildman–Crippen MR) is 143 cm³/mol. The first-order chi connectivity index (χ1) is 17.7. The molecule has 1 aliphatic carbocycles. The standard InChI is InChI=1S/C28H31N3O5S.ClH/c1-17(29)6-5-13-37-25-15-27(34)31(28(25)35)12-11-26(33)30-19-9-10-22-23(14-19)20-7-3-4-8-21(20)24(22)16-36-18(2)32;/h3-4,7-10,14,24-25,29H,5-6,11-13,15-16H2,1-2H3,(H,30,33);1H. The summed E-state index contributed by atoms with van der Waals surface area (Å²) >= 11 is 1.48. The van der Waals surface area contributed by atoms with E-state index in [4.69, 9.17) is 10.1 Å². The van der Waals surface area contributed by atoms with Crippen LogP contribution in [0, 0.1) is 0 Å². The lowest BCUT2D eigenvalue weighted by molar-refractivity contribution is -0.141. The fraction of sp³-hybridized carbons (Fsp3) is 0.393. The van der Waals surface area contributed by atoms with Gasteiger partial charge in [0.15, 0.2) is 0 Å². The molecule has 0 saturated carbocycles. The molecule has 3 N–H and O–H groups in total. The number of carbonyl (C=O) groups excluding carboxylic acids is 4. The molecule has 2 aromatic carbocycles. The van der Waals surface area contributed by atoms with Crippen molar-refractivity contribution in [1.82, 2.24) is 4.90 Å². The van der Waals surface area contributed by atoms with Crippen LogP contribution >= 0.6 is 11.8 Å². The van der Waals surface area contributed by atoms with Crippen LogP contribution in [0.15, 0.2) is 42.5 Å². The van der Waals surface area contributed by atoms with E-state index in [-0.39, 0.29) is 73.3 Å². The summed E-state index contributed by atoms with van der Waals surface area (Å²) in [5.41, 5.74) is 5.64. The molecule has 0 radical (unpaired) electrons. The van der Waals surface area contributed by atoms with Gasteiger partial charge in [-0.05, 0) is 46.6 Å². The molecule has 1 fully saturated rings. The monoisotopic (exact) mass is 557 g/mol. The van der Waals surface area contributed by atoms with Crippen LogP contribution in [0.1, 0.15) is 56.6 Å². The second-order valence-corrected chi connectivity index (χ2v) is 10.8. The summed E-state index contributed by atoms with van der Waals surface area (Å²) in [5.74, 6) is -0.344. The molecule has 1 aliphatic heterocycles. The van der Waals surface area contributed by atoms with Crippen LogP contribution in [0.25, 0.3) is 11.1 Å². The summed E-state index contributed by atoms with van der Waals surface area (Å²) in [6.45, 7) is 3.58. The Bertz CT molecular complexity index is 1250. The van der Waals surface area contributed by atoms with Gasteiger partial charge in [-0.15, -0.1) is 11.8 Å². The Balaban J connectivity index is 0.00000400. The maximum atomic E-state index is 12.7. The first kappa shape index (κ1) is 29.4. The van der Waals surface area contributed by atoms with Crippen molar-refractivity contribution in [3.8, 4) is 11.1 Å². The minimum absolute atomic E-state index is 0. The van der Waals surface area contributed by atoms with E-state index in [0.717, 1.165) is 46.6 Å². The van der Waals surface area contributed by atoms with Crippen LogP contribution < -0.4 is 23.1 Å². The third-order valence-corrected chi connectivity index (χ3v) is 7.89. The van der Waals surface area contributed by atoms with Gasteiger partial charge in [-0.25, -0.2) is 0 Å². The van der Waals surface area contributed by atoms with Crippen molar-refractivity contribution in [2.75, 3.05) is 24.2 Å². The van der Waals surface area contributed by atoms with Gasteiger partial charge in [-0.2, -0.15) is 0 Å². The van der Waals surface area contributed by atoms with Crippen molar-refractivity contribution in [1.29, 1.82) is 0 Å². The first-order valence-electron chi connectivity index (χ1n) is 12.4. The summed E-state index contributed by atoms with van der Waals surface area (Å²) in [6.07, 6.45) is 1.87. The average molecular weight is 558 g/mol. The van der Waals surface area contributed by atoms with E-state index < -0.39 is 0 Å². The summed E-state index contributed by atoms with van der Waals surface area (Å²) in [4.78, 5) is 50.3. The number of amides is 3. The predicted octanol–water partition coefficient (Wildman–Crippen LogP) is -0.444. The lowest BCUT2D eigenvalue weighted by Gasteiger charge is -2.15. The maximum Gasteiger partial charge on any atom is 0.302 e. The lowest BCUT2D eigenvalue weighted by Crippen LogP contribution is -3.00. The van der Waals surface area contributed by atoms with Crippen LogP contribution in [0.5, 0.6) is 0 Å². The van der Waals surface area contributed by atoms with Crippen molar-refractivity contribution in [3.05, 3.63) is 53.6 Å². The van der Waals surface area contributed by atoms with E-state index in [1.807, 2.05) is 49.4 Å². The normalized spacial score (nSPS) is 17.5. The van der Waals surface area contributed by atoms with Crippen molar-refractivity contribution in [3.63, 3.8) is 0 Å². The highest BCUT2D eigenvalue weighted by atomic mass is 35.5. The topological polar surface area (TPSA) is 118 Å². The fourth-order valence-electron chi connectivity index (χ4n) is 4.80. The largest absolute Gasteiger partial charge is 1.00 e. The van der Waals surface area contributed by atoms with Gasteiger partial charge < -0.3 is 22.5 Å². The Hall–Kier alpha value is -3.17. The summed E-state index contributed by atoms with van der Waals surface area (Å²) in [6, 6.07) is 13.6. The van der Waals surface area contributed by atoms with Crippen LogP contribution in [-0.4, -0.2) is 58.5 Å². The third kappa shape index (κ3) is 6.82. The van der Waals surface area contributed by atoms with Gasteiger partial charge in [0.25, 0.3) is 0 Å². The van der Waals surface area contributed by atoms with Gasteiger partial charge in [0.2, 0.25) is 17.7 Å². The quantitative estimate of drug-likeness (QED) is 0.167. The summed E-state index contributed by atoms with van der Waals surface area (Å²) in [5, 5.41) is 8.19. The molecule has 2 atom stereocenters. The maximum absolute atomic E-state index is 12.7. The van der Waals surface area contributed by atoms with E-state index in [0.29, 0.717) is 5.69 Å². The molecule has 0 aromatic heterocycles. The molecule has 8 nitrogen and oxygen atoms in total. The molecule has 0 bridgehead atoms. The molecule has 2 aromatic rings. The second kappa shape index (κ2) is 13.1. The summed E-state index contributed by atoms with van der Waals surface area (Å²) in [7, 11) is 0. The number of benzene rings is 2. The number of thioether (sulfide) groups is 1. The number of ether oxygens (including phenoxy) is 1. The number of esters is 1. The van der Waals surface area contributed by atoms with Crippen molar-refractivity contribution in [2.45, 2.75) is 50.7 Å². The van der Waals surface area contributed by atoms with Crippen LogP contribution in [-0.2, 0) is 23.9 Å². The Morgan fingerprint density at radius 3 is 2.55 bits per heavy atom. The van der Waals surface area contributed by atoms with E-state index >= 15 is 0 Å². The molecule has 3 amide bonds. The smallest absolute Gasteiger partial charge is 0.302 e. The number of anilines is 1. The van der Waals surface area contributed by atoms with Crippen LogP contribution in [0.4, 0.5) is 5.69 Å². The van der Waals surface area contributed by atoms with E-state index in [1.54, 1.807) is 0 Å². The average Bonchev–Trinajstić information content (AvgIpc) is 3.31. The van der Waals surface area contributed by atoms with Gasteiger partial charge >= 0.3 is 5.97 Å². The molecule has 1 saturated heterocycles. The molecule has 38 heavy (non-hydrogen) atoms. The highest BCUT2D eigenvalue weighted by Crippen LogP contribution is 2.45. The highest BCUT2D eigenvalue weighted by molar-refractivity contribution is 8.00. The number of halogens is 1. The molecule has 202 valence electrons. The number of nitrogens with two attached hydrogens (primary N) is 1. The van der Waals surface area contributed by atoms with E-state index in [2.05, 4.69) is 5.32 Å². The number of imide groups is 1. The van der Waals surface area contributed by atoms with E-state index in [9.17, 15) is 19.2 Å². The van der Waals surface area contributed by atoms with E-state index in [1.165, 1.54) is 23.6 Å². The Kier molecular flexibility index (Phi) is 10.1. The molecular weight excluding hydrogens is 526 g/mol. The van der Waals surface area contributed by atoms with Crippen molar-refractivity contribution < 1.29 is 41.7 Å². The van der Waals surface area contributed by atoms with Crippen molar-refractivity contribution in [2.24, 2.45) is 0 Å². The van der Waals surface area contributed by atoms with Gasteiger partial charge in [0, 0.05) is 51.3 Å². The van der Waals surface area contributed by atoms with Crippen LogP contribution in [0.2, 0.25) is 0 Å². The fourth-order valence-corrected chi connectivity index (χ4v) is 5.92. The van der Waals surface area contributed by atoms with Gasteiger partial charge in [-0.1, -0.05) is 30.3 Å². The first-order valence-corrected chi connectivity index (χ1v) is 13.5. The molecule has 10 heteroatoms. The Labute approximate surface area is 232 Å². The molecular formula is C28H32ClN3O5S. The zero-order valence-electron chi connectivity index (χ0n) is 21.5.